The van der Waals surface area contributed by atoms with Crippen molar-refractivity contribution in [1.29, 1.82) is 0 Å². The number of carbonyl (C=O) groups excluding carboxylic acids is 1. The number of carbonyl (C=O) groups is 1. The van der Waals surface area contributed by atoms with Gasteiger partial charge < -0.3 is 10.5 Å². The third kappa shape index (κ3) is 2.42. The molecule has 92 valence electrons. The lowest BCUT2D eigenvalue weighted by molar-refractivity contribution is -0.142. The average Bonchev–Trinajstić information content (AvgIpc) is 2.70. The molecular weight excluding hydrogens is 216 g/mol. The summed E-state index contributed by atoms with van der Waals surface area (Å²) in [7, 11) is 1.41. The van der Waals surface area contributed by atoms with Crippen molar-refractivity contribution in [2.75, 3.05) is 12.8 Å². The summed E-state index contributed by atoms with van der Waals surface area (Å²) in [6, 6.07) is 5.90. The Morgan fingerprint density at radius 1 is 1.59 bits per heavy atom. The molecule has 0 spiro atoms. The highest BCUT2D eigenvalue weighted by Gasteiger charge is 2.25. The van der Waals surface area contributed by atoms with Crippen molar-refractivity contribution in [1.82, 2.24) is 5.32 Å². The highest BCUT2D eigenvalue weighted by molar-refractivity contribution is 5.75. The molecule has 2 rings (SSSR count). The lowest BCUT2D eigenvalue weighted by Crippen LogP contribution is -2.36. The van der Waals surface area contributed by atoms with Crippen molar-refractivity contribution in [3.63, 3.8) is 0 Å². The van der Waals surface area contributed by atoms with Crippen molar-refractivity contribution < 1.29 is 9.53 Å². The summed E-state index contributed by atoms with van der Waals surface area (Å²) in [5, 5.41) is 3.29. The van der Waals surface area contributed by atoms with Crippen molar-refractivity contribution in [2.45, 2.75) is 31.8 Å². The number of benzene rings is 1. The second-order valence-electron chi connectivity index (χ2n) is 4.46. The molecule has 1 aliphatic rings. The maximum absolute atomic E-state index is 11.4. The van der Waals surface area contributed by atoms with Gasteiger partial charge in [-0.15, -0.1) is 0 Å². The molecule has 2 atom stereocenters. The van der Waals surface area contributed by atoms with Crippen LogP contribution in [0.2, 0.25) is 0 Å². The van der Waals surface area contributed by atoms with Crippen molar-refractivity contribution in [3.05, 3.63) is 29.3 Å². The summed E-state index contributed by atoms with van der Waals surface area (Å²) in [5.41, 5.74) is 9.07. The first-order valence-electron chi connectivity index (χ1n) is 5.84. The van der Waals surface area contributed by atoms with Crippen LogP contribution < -0.4 is 11.1 Å². The maximum atomic E-state index is 11.4. The predicted octanol–water partition coefficient (Wildman–Crippen LogP) is 1.41. The van der Waals surface area contributed by atoms with Crippen LogP contribution in [0.1, 0.15) is 30.5 Å². The molecule has 0 aromatic heterocycles. The molecule has 1 aromatic rings. The van der Waals surface area contributed by atoms with Crippen LogP contribution in [0.15, 0.2) is 18.2 Å². The number of anilines is 1. The topological polar surface area (TPSA) is 64.3 Å². The van der Waals surface area contributed by atoms with E-state index in [1.807, 2.05) is 25.1 Å². The first-order valence-corrected chi connectivity index (χ1v) is 5.84. The van der Waals surface area contributed by atoms with E-state index in [1.54, 1.807) is 0 Å². The number of rotatable bonds is 3. The van der Waals surface area contributed by atoms with Crippen LogP contribution in [0.5, 0.6) is 0 Å². The molecule has 0 fully saturated rings. The fraction of sp³-hybridized carbons (Fsp3) is 0.462. The third-order valence-electron chi connectivity index (χ3n) is 3.25. The van der Waals surface area contributed by atoms with Crippen molar-refractivity contribution >= 4 is 11.7 Å². The van der Waals surface area contributed by atoms with Gasteiger partial charge in [0.15, 0.2) is 0 Å². The second kappa shape index (κ2) is 4.75. The Balaban J connectivity index is 2.09. The molecule has 17 heavy (non-hydrogen) atoms. The van der Waals surface area contributed by atoms with Crippen molar-refractivity contribution in [3.8, 4) is 0 Å². The minimum Gasteiger partial charge on any atom is -0.468 e. The lowest BCUT2D eigenvalue weighted by atomic mass is 10.1. The highest BCUT2D eigenvalue weighted by Crippen LogP contribution is 2.32. The summed E-state index contributed by atoms with van der Waals surface area (Å²) in [6.45, 7) is 1.82. The van der Waals surface area contributed by atoms with E-state index in [0.29, 0.717) is 0 Å². The Morgan fingerprint density at radius 3 is 3.06 bits per heavy atom. The van der Waals surface area contributed by atoms with Gasteiger partial charge in [0.2, 0.25) is 0 Å². The van der Waals surface area contributed by atoms with E-state index < -0.39 is 0 Å². The van der Waals surface area contributed by atoms with E-state index in [-0.39, 0.29) is 18.1 Å². The molecule has 3 N–H and O–H groups in total. The van der Waals surface area contributed by atoms with Gasteiger partial charge in [-0.2, -0.15) is 0 Å². The molecule has 1 aliphatic carbocycles. The van der Waals surface area contributed by atoms with Gasteiger partial charge in [-0.1, -0.05) is 6.07 Å². The van der Waals surface area contributed by atoms with Gasteiger partial charge >= 0.3 is 5.97 Å². The quantitative estimate of drug-likeness (QED) is 0.613. The smallest absolute Gasteiger partial charge is 0.322 e. The second-order valence-corrected chi connectivity index (χ2v) is 4.46. The van der Waals surface area contributed by atoms with Crippen molar-refractivity contribution in [2.24, 2.45) is 0 Å². The summed E-state index contributed by atoms with van der Waals surface area (Å²) < 4.78 is 4.71. The zero-order valence-electron chi connectivity index (χ0n) is 10.2. The van der Waals surface area contributed by atoms with Gasteiger partial charge in [0.25, 0.3) is 0 Å². The van der Waals surface area contributed by atoms with E-state index in [1.165, 1.54) is 18.2 Å². The number of nitrogens with one attached hydrogen (secondary N) is 1. The van der Waals surface area contributed by atoms with Gasteiger partial charge in [-0.25, -0.2) is 0 Å². The van der Waals surface area contributed by atoms with Crippen LogP contribution >= 0.6 is 0 Å². The van der Waals surface area contributed by atoms with Gasteiger partial charge in [0.05, 0.1) is 7.11 Å². The van der Waals surface area contributed by atoms with Gasteiger partial charge in [-0.3, -0.25) is 10.1 Å². The lowest BCUT2D eigenvalue weighted by Gasteiger charge is -2.18. The Hall–Kier alpha value is -1.55. The highest BCUT2D eigenvalue weighted by atomic mass is 16.5. The molecular formula is C13H18N2O2. The number of esters is 1. The number of hydrogen-bond donors (Lipinski definition) is 2. The molecule has 0 bridgehead atoms. The predicted molar refractivity (Wildman–Crippen MR) is 66.5 cm³/mol. The van der Waals surface area contributed by atoms with Crippen LogP contribution in [0.4, 0.5) is 5.69 Å². The minimum atomic E-state index is -0.284. The van der Waals surface area contributed by atoms with E-state index in [4.69, 9.17) is 10.5 Å². The normalized spacial score (nSPS) is 19.8. The molecule has 4 heteroatoms. The maximum Gasteiger partial charge on any atom is 0.322 e. The van der Waals surface area contributed by atoms with E-state index in [9.17, 15) is 4.79 Å². The standard InChI is InChI=1S/C13H18N2O2/c1-8(13(16)17-2)15-12-6-3-9-7-10(14)4-5-11(9)12/h4-5,7-8,12,15H,3,6,14H2,1-2H3/t8-,12?/m0/s1. The number of ether oxygens (including phenoxy) is 1. The number of nitrogens with two attached hydrogens (primary N) is 1. The Labute approximate surface area is 101 Å². The number of aryl methyl sites for hydroxylation is 1. The largest absolute Gasteiger partial charge is 0.468 e. The third-order valence-corrected chi connectivity index (χ3v) is 3.25. The first-order chi connectivity index (χ1) is 8.11. The molecule has 0 aliphatic heterocycles. The zero-order valence-corrected chi connectivity index (χ0v) is 10.2. The van der Waals surface area contributed by atoms with Crippen LogP contribution in [-0.2, 0) is 16.0 Å². The summed E-state index contributed by atoms with van der Waals surface area (Å²) in [5.74, 6) is -0.228. The summed E-state index contributed by atoms with van der Waals surface area (Å²) in [4.78, 5) is 11.4. The summed E-state index contributed by atoms with van der Waals surface area (Å²) >= 11 is 0. The molecule has 0 amide bonds. The fourth-order valence-corrected chi connectivity index (χ4v) is 2.36. The summed E-state index contributed by atoms with van der Waals surface area (Å²) in [6.07, 6.45) is 2.01. The van der Waals surface area contributed by atoms with Gasteiger partial charge in [0, 0.05) is 11.7 Å². The number of methoxy groups -OCH3 is 1. The van der Waals surface area contributed by atoms with Crippen LogP contribution in [0, 0.1) is 0 Å². The monoisotopic (exact) mass is 234 g/mol. The molecule has 4 nitrogen and oxygen atoms in total. The minimum absolute atomic E-state index is 0.222. The number of fused-ring (bicyclic) bond motifs is 1. The Morgan fingerprint density at radius 2 is 2.35 bits per heavy atom. The molecule has 1 unspecified atom stereocenters. The van der Waals surface area contributed by atoms with Gasteiger partial charge in [0.1, 0.15) is 6.04 Å². The molecule has 0 saturated carbocycles. The van der Waals surface area contributed by atoms with E-state index in [0.717, 1.165) is 18.5 Å². The molecule has 0 heterocycles. The number of nitrogen functional groups attached to an aromatic ring is 1. The van der Waals surface area contributed by atoms with E-state index >= 15 is 0 Å². The molecule has 0 radical (unpaired) electrons. The Bertz CT molecular complexity index is 431. The van der Waals surface area contributed by atoms with Crippen LogP contribution in [0.25, 0.3) is 0 Å². The fourth-order valence-electron chi connectivity index (χ4n) is 2.36. The Kier molecular flexibility index (Phi) is 3.33. The number of hydrogen-bond acceptors (Lipinski definition) is 4. The zero-order chi connectivity index (χ0) is 12.4. The van der Waals surface area contributed by atoms with Gasteiger partial charge in [-0.05, 0) is 43.0 Å². The van der Waals surface area contributed by atoms with E-state index in [2.05, 4.69) is 5.32 Å². The molecule has 1 aromatic carbocycles. The molecule has 0 saturated heterocycles. The SMILES string of the molecule is COC(=O)[C@H](C)NC1CCc2cc(N)ccc21. The van der Waals surface area contributed by atoms with Crippen LogP contribution in [-0.4, -0.2) is 19.1 Å². The average molecular weight is 234 g/mol. The van der Waals surface area contributed by atoms with Crippen LogP contribution in [0.3, 0.4) is 0 Å². The first kappa shape index (κ1) is 11.9.